The molecular formula is C17H15N5O2S2. The molecule has 0 unspecified atom stereocenters. The minimum Gasteiger partial charge on any atom is -0.453 e. The first-order chi connectivity index (χ1) is 12.6. The van der Waals surface area contributed by atoms with Crippen LogP contribution in [0.25, 0.3) is 22.6 Å². The number of amides is 1. The van der Waals surface area contributed by atoms with Crippen LogP contribution in [-0.2, 0) is 11.8 Å². The summed E-state index contributed by atoms with van der Waals surface area (Å²) in [5.41, 5.74) is 0.804. The van der Waals surface area contributed by atoms with Crippen LogP contribution in [0.4, 0.5) is 5.13 Å². The van der Waals surface area contributed by atoms with Crippen LogP contribution in [0.1, 0.15) is 4.88 Å². The highest BCUT2D eigenvalue weighted by Gasteiger charge is 2.16. The number of thiazole rings is 1. The van der Waals surface area contributed by atoms with Crippen molar-refractivity contribution in [2.75, 3.05) is 11.1 Å². The molecule has 0 bridgehead atoms. The van der Waals surface area contributed by atoms with Crippen molar-refractivity contribution in [3.63, 3.8) is 0 Å². The van der Waals surface area contributed by atoms with Gasteiger partial charge in [0.15, 0.2) is 21.9 Å². The van der Waals surface area contributed by atoms with E-state index in [9.17, 15) is 4.79 Å². The number of anilines is 1. The molecular weight excluding hydrogens is 370 g/mol. The fourth-order valence-electron chi connectivity index (χ4n) is 2.45. The van der Waals surface area contributed by atoms with Crippen molar-refractivity contribution in [3.05, 3.63) is 41.4 Å². The van der Waals surface area contributed by atoms with Crippen LogP contribution in [0.2, 0.25) is 0 Å². The summed E-state index contributed by atoms with van der Waals surface area (Å²) in [6, 6.07) is 9.72. The predicted octanol–water partition coefficient (Wildman–Crippen LogP) is 3.72. The van der Waals surface area contributed by atoms with Gasteiger partial charge >= 0.3 is 0 Å². The lowest BCUT2D eigenvalue weighted by Gasteiger charge is -2.02. The Labute approximate surface area is 157 Å². The van der Waals surface area contributed by atoms with Crippen molar-refractivity contribution >= 4 is 45.1 Å². The van der Waals surface area contributed by atoms with E-state index >= 15 is 0 Å². The molecule has 0 aliphatic carbocycles. The van der Waals surface area contributed by atoms with E-state index in [2.05, 4.69) is 20.5 Å². The highest BCUT2D eigenvalue weighted by Crippen LogP contribution is 2.28. The van der Waals surface area contributed by atoms with E-state index in [0.29, 0.717) is 21.9 Å². The van der Waals surface area contributed by atoms with Crippen LogP contribution in [0.5, 0.6) is 0 Å². The molecule has 0 aliphatic rings. The standard InChI is InChI=1S/C17H15N5O2S2/c1-10-8-18-16(26-10)19-14(23)9-25-17-21-20-15(22(17)2)13-7-11-5-3-4-6-12(11)24-13/h3-8H,9H2,1-2H3,(H,18,19,23). The number of hydrogen-bond donors (Lipinski definition) is 1. The molecule has 3 heterocycles. The highest BCUT2D eigenvalue weighted by molar-refractivity contribution is 7.99. The average Bonchev–Trinajstić information content (AvgIpc) is 3.31. The Bertz CT molecular complexity index is 1050. The van der Waals surface area contributed by atoms with Crippen LogP contribution in [-0.4, -0.2) is 31.4 Å². The third-order valence-electron chi connectivity index (χ3n) is 3.68. The molecule has 0 saturated heterocycles. The van der Waals surface area contributed by atoms with E-state index in [0.717, 1.165) is 15.8 Å². The minimum absolute atomic E-state index is 0.127. The number of thioether (sulfide) groups is 1. The number of nitrogens with one attached hydrogen (secondary N) is 1. The lowest BCUT2D eigenvalue weighted by Crippen LogP contribution is -2.14. The second kappa shape index (κ2) is 6.93. The zero-order valence-corrected chi connectivity index (χ0v) is 15.7. The molecule has 0 fully saturated rings. The Morgan fingerprint density at radius 3 is 2.96 bits per heavy atom. The van der Waals surface area contributed by atoms with E-state index in [-0.39, 0.29) is 11.7 Å². The van der Waals surface area contributed by atoms with Gasteiger partial charge in [-0.3, -0.25) is 4.79 Å². The van der Waals surface area contributed by atoms with Crippen LogP contribution >= 0.6 is 23.1 Å². The van der Waals surface area contributed by atoms with E-state index in [1.54, 1.807) is 6.20 Å². The van der Waals surface area contributed by atoms with Gasteiger partial charge in [-0.2, -0.15) is 0 Å². The van der Waals surface area contributed by atoms with Gasteiger partial charge in [-0.1, -0.05) is 30.0 Å². The van der Waals surface area contributed by atoms with Gasteiger partial charge in [-0.15, -0.1) is 21.5 Å². The highest BCUT2D eigenvalue weighted by atomic mass is 32.2. The molecule has 4 rings (SSSR count). The van der Waals surface area contributed by atoms with Gasteiger partial charge < -0.3 is 14.3 Å². The van der Waals surface area contributed by atoms with Crippen molar-refractivity contribution in [1.29, 1.82) is 0 Å². The summed E-state index contributed by atoms with van der Waals surface area (Å²) in [5, 5.41) is 13.4. The van der Waals surface area contributed by atoms with Crippen molar-refractivity contribution in [3.8, 4) is 11.6 Å². The van der Waals surface area contributed by atoms with Gasteiger partial charge in [0.2, 0.25) is 5.91 Å². The van der Waals surface area contributed by atoms with Crippen molar-refractivity contribution < 1.29 is 9.21 Å². The van der Waals surface area contributed by atoms with Gasteiger partial charge in [0, 0.05) is 23.5 Å². The summed E-state index contributed by atoms with van der Waals surface area (Å²) in [6.07, 6.45) is 1.73. The number of fused-ring (bicyclic) bond motifs is 1. The van der Waals surface area contributed by atoms with Gasteiger partial charge in [-0.05, 0) is 19.1 Å². The summed E-state index contributed by atoms with van der Waals surface area (Å²) in [4.78, 5) is 17.2. The number of para-hydroxylation sites is 1. The molecule has 0 saturated carbocycles. The van der Waals surface area contributed by atoms with E-state index in [1.807, 2.05) is 48.9 Å². The molecule has 4 aromatic rings. The average molecular weight is 385 g/mol. The maximum Gasteiger partial charge on any atom is 0.236 e. The third kappa shape index (κ3) is 3.35. The molecule has 26 heavy (non-hydrogen) atoms. The molecule has 0 spiro atoms. The third-order valence-corrected chi connectivity index (χ3v) is 5.53. The number of carbonyl (C=O) groups excluding carboxylic acids is 1. The summed E-state index contributed by atoms with van der Waals surface area (Å²) >= 11 is 2.76. The summed E-state index contributed by atoms with van der Waals surface area (Å²) in [6.45, 7) is 1.95. The number of nitrogens with zero attached hydrogens (tertiary/aromatic N) is 4. The number of furan rings is 1. The van der Waals surface area contributed by atoms with Gasteiger partial charge in [-0.25, -0.2) is 4.98 Å². The molecule has 1 amide bonds. The van der Waals surface area contributed by atoms with Crippen LogP contribution < -0.4 is 5.32 Å². The Morgan fingerprint density at radius 2 is 2.19 bits per heavy atom. The number of aryl methyl sites for hydroxylation is 1. The largest absolute Gasteiger partial charge is 0.453 e. The number of rotatable bonds is 5. The van der Waals surface area contributed by atoms with Gasteiger partial charge in [0.1, 0.15) is 5.58 Å². The molecule has 9 heteroatoms. The Kier molecular flexibility index (Phi) is 4.48. The van der Waals surface area contributed by atoms with Crippen molar-refractivity contribution in [2.24, 2.45) is 7.05 Å². The maximum atomic E-state index is 12.1. The molecule has 1 N–H and O–H groups in total. The van der Waals surface area contributed by atoms with Crippen molar-refractivity contribution in [2.45, 2.75) is 12.1 Å². The summed E-state index contributed by atoms with van der Waals surface area (Å²) in [5.74, 6) is 1.37. The van der Waals surface area contributed by atoms with Crippen LogP contribution in [0, 0.1) is 6.92 Å². The molecule has 1 aromatic carbocycles. The molecule has 0 aliphatic heterocycles. The van der Waals surface area contributed by atoms with Crippen LogP contribution in [0.3, 0.4) is 0 Å². The summed E-state index contributed by atoms with van der Waals surface area (Å²) < 4.78 is 7.66. The van der Waals surface area contributed by atoms with E-state index in [4.69, 9.17) is 4.42 Å². The number of aromatic nitrogens is 4. The zero-order valence-electron chi connectivity index (χ0n) is 14.1. The second-order valence-electron chi connectivity index (χ2n) is 5.63. The maximum absolute atomic E-state index is 12.1. The fourth-order valence-corrected chi connectivity index (χ4v) is 3.84. The predicted molar refractivity (Wildman–Crippen MR) is 102 cm³/mol. The Balaban J connectivity index is 1.46. The smallest absolute Gasteiger partial charge is 0.236 e. The first kappa shape index (κ1) is 16.8. The lowest BCUT2D eigenvalue weighted by atomic mass is 10.2. The monoisotopic (exact) mass is 385 g/mol. The topological polar surface area (TPSA) is 85.8 Å². The SMILES string of the molecule is Cc1cnc(NC(=O)CSc2nnc(-c3cc4ccccc4o3)n2C)s1. The second-order valence-corrected chi connectivity index (χ2v) is 7.80. The summed E-state index contributed by atoms with van der Waals surface area (Å²) in [7, 11) is 1.85. The van der Waals surface area contributed by atoms with E-state index < -0.39 is 0 Å². The fraction of sp³-hybridized carbons (Fsp3) is 0.176. The van der Waals surface area contributed by atoms with Gasteiger partial charge in [0.25, 0.3) is 0 Å². The van der Waals surface area contributed by atoms with Crippen molar-refractivity contribution in [1.82, 2.24) is 19.7 Å². The molecule has 7 nitrogen and oxygen atoms in total. The molecule has 0 atom stereocenters. The lowest BCUT2D eigenvalue weighted by molar-refractivity contribution is -0.113. The number of carbonyl (C=O) groups is 1. The minimum atomic E-state index is -0.127. The van der Waals surface area contributed by atoms with Crippen LogP contribution in [0.15, 0.2) is 46.1 Å². The molecule has 0 radical (unpaired) electrons. The Morgan fingerprint density at radius 1 is 1.35 bits per heavy atom. The zero-order chi connectivity index (χ0) is 18.1. The quantitative estimate of drug-likeness (QED) is 0.527. The van der Waals surface area contributed by atoms with E-state index in [1.165, 1.54) is 23.1 Å². The molecule has 3 aromatic heterocycles. The first-order valence-electron chi connectivity index (χ1n) is 7.83. The normalized spacial score (nSPS) is 11.2. The Hall–Kier alpha value is -2.65. The first-order valence-corrected chi connectivity index (χ1v) is 9.64. The number of benzene rings is 1. The van der Waals surface area contributed by atoms with Gasteiger partial charge in [0.05, 0.1) is 5.75 Å². The molecule has 132 valence electrons. The number of hydrogen-bond acceptors (Lipinski definition) is 7.